The van der Waals surface area contributed by atoms with Crippen LogP contribution in [0.5, 0.6) is 0 Å². The number of amides is 2. The third-order valence-electron chi connectivity index (χ3n) is 2.89. The number of likely N-dealkylation sites (N-methyl/N-ethyl adjacent to an activating group) is 1. The quantitative estimate of drug-likeness (QED) is 0.768. The number of hydrogen-bond acceptors (Lipinski definition) is 4. The molecule has 2 N–H and O–H groups in total. The largest absolute Gasteiger partial charge is 0.353 e. The summed E-state index contributed by atoms with van der Waals surface area (Å²) in [6.07, 6.45) is 1.76. The van der Waals surface area contributed by atoms with E-state index in [0.29, 0.717) is 12.2 Å². The fourth-order valence-corrected chi connectivity index (χ4v) is 1.78. The molecule has 7 nitrogen and oxygen atoms in total. The van der Waals surface area contributed by atoms with Crippen molar-refractivity contribution in [3.8, 4) is 0 Å². The van der Waals surface area contributed by atoms with E-state index in [2.05, 4.69) is 15.7 Å². The lowest BCUT2D eigenvalue weighted by atomic mass is 10.3. The Morgan fingerprint density at radius 2 is 2.10 bits per heavy atom. The number of hydrogen-bond donors (Lipinski definition) is 2. The van der Waals surface area contributed by atoms with Crippen LogP contribution in [0.25, 0.3) is 5.52 Å². The minimum Gasteiger partial charge on any atom is -0.353 e. The van der Waals surface area contributed by atoms with Crippen LogP contribution in [-0.4, -0.2) is 60.1 Å². The van der Waals surface area contributed by atoms with E-state index in [0.717, 1.165) is 12.1 Å². The van der Waals surface area contributed by atoms with Gasteiger partial charge in [0.05, 0.1) is 12.1 Å². The van der Waals surface area contributed by atoms with E-state index >= 15 is 0 Å². The lowest BCUT2D eigenvalue weighted by Crippen LogP contribution is -2.39. The number of carbonyl (C=O) groups is 2. The van der Waals surface area contributed by atoms with E-state index in [1.165, 1.54) is 0 Å². The van der Waals surface area contributed by atoms with E-state index in [-0.39, 0.29) is 18.4 Å². The third kappa shape index (κ3) is 4.28. The average molecular weight is 289 g/mol. The lowest BCUT2D eigenvalue weighted by molar-refractivity contribution is -0.120. The monoisotopic (exact) mass is 289 g/mol. The summed E-state index contributed by atoms with van der Waals surface area (Å²) in [4.78, 5) is 25.5. The van der Waals surface area contributed by atoms with E-state index in [9.17, 15) is 9.59 Å². The molecule has 21 heavy (non-hydrogen) atoms. The van der Waals surface area contributed by atoms with Gasteiger partial charge in [0.25, 0.3) is 5.91 Å². The second-order valence-electron chi connectivity index (χ2n) is 4.94. The maximum Gasteiger partial charge on any atom is 0.272 e. The summed E-state index contributed by atoms with van der Waals surface area (Å²) in [5.41, 5.74) is 1.13. The Labute approximate surface area is 122 Å². The second-order valence-corrected chi connectivity index (χ2v) is 4.94. The molecular formula is C14H19N5O2. The topological polar surface area (TPSA) is 78.7 Å². The van der Waals surface area contributed by atoms with Crippen molar-refractivity contribution in [2.75, 3.05) is 33.7 Å². The molecule has 0 bridgehead atoms. The van der Waals surface area contributed by atoms with Gasteiger partial charge in [0.1, 0.15) is 0 Å². The molecule has 0 aromatic carbocycles. The Kier molecular flexibility index (Phi) is 4.89. The van der Waals surface area contributed by atoms with E-state index in [1.807, 2.05) is 37.2 Å². The standard InChI is InChI=1S/C14H19N5O2/c1-18(2)8-6-15-13(20)10-16-14(21)12-9-11-5-3-4-7-19(11)17-12/h3-5,7,9H,6,8,10H2,1-2H3,(H,15,20)(H,16,21). The van der Waals surface area contributed by atoms with Crippen LogP contribution in [-0.2, 0) is 4.79 Å². The summed E-state index contributed by atoms with van der Waals surface area (Å²) >= 11 is 0. The van der Waals surface area contributed by atoms with Crippen molar-refractivity contribution in [3.05, 3.63) is 36.2 Å². The van der Waals surface area contributed by atoms with Crippen LogP contribution in [0.3, 0.4) is 0 Å². The SMILES string of the molecule is CN(C)CCNC(=O)CNC(=O)c1cc2ccccn2n1. The van der Waals surface area contributed by atoms with Crippen LogP contribution >= 0.6 is 0 Å². The van der Waals surface area contributed by atoms with Crippen molar-refractivity contribution in [1.29, 1.82) is 0 Å². The first-order chi connectivity index (χ1) is 10.1. The van der Waals surface area contributed by atoms with Gasteiger partial charge in [0.15, 0.2) is 5.69 Å². The Bertz CT molecular complexity index is 602. The van der Waals surface area contributed by atoms with E-state index in [1.54, 1.807) is 16.8 Å². The highest BCUT2D eigenvalue weighted by molar-refractivity contribution is 5.95. The number of pyridine rings is 1. The number of carbonyl (C=O) groups excluding carboxylic acids is 2. The van der Waals surface area contributed by atoms with Crippen LogP contribution in [0.4, 0.5) is 0 Å². The van der Waals surface area contributed by atoms with Crippen LogP contribution < -0.4 is 10.6 Å². The molecule has 2 heterocycles. The van der Waals surface area contributed by atoms with Gasteiger partial charge in [-0.2, -0.15) is 5.10 Å². The molecule has 112 valence electrons. The average Bonchev–Trinajstić information content (AvgIpc) is 2.88. The molecule has 0 aliphatic rings. The normalized spacial score (nSPS) is 10.8. The highest BCUT2D eigenvalue weighted by Crippen LogP contribution is 2.05. The van der Waals surface area contributed by atoms with Crippen LogP contribution in [0.15, 0.2) is 30.5 Å². The smallest absolute Gasteiger partial charge is 0.272 e. The fourth-order valence-electron chi connectivity index (χ4n) is 1.78. The molecule has 2 aromatic heterocycles. The number of nitrogens with one attached hydrogen (secondary N) is 2. The van der Waals surface area contributed by atoms with Gasteiger partial charge in [-0.25, -0.2) is 4.52 Å². The molecule has 7 heteroatoms. The predicted molar refractivity (Wildman–Crippen MR) is 79.1 cm³/mol. The molecule has 0 radical (unpaired) electrons. The summed E-state index contributed by atoms with van der Waals surface area (Å²) in [6.45, 7) is 1.25. The molecule has 2 aromatic rings. The molecule has 0 saturated heterocycles. The Morgan fingerprint density at radius 3 is 2.81 bits per heavy atom. The summed E-state index contributed by atoms with van der Waals surface area (Å²) in [6, 6.07) is 7.24. The van der Waals surface area contributed by atoms with E-state index in [4.69, 9.17) is 0 Å². The Morgan fingerprint density at radius 1 is 1.29 bits per heavy atom. The maximum absolute atomic E-state index is 11.9. The van der Waals surface area contributed by atoms with Crippen LogP contribution in [0.1, 0.15) is 10.5 Å². The van der Waals surface area contributed by atoms with Gasteiger partial charge in [-0.15, -0.1) is 0 Å². The summed E-state index contributed by atoms with van der Waals surface area (Å²) in [5, 5.41) is 9.43. The van der Waals surface area contributed by atoms with Gasteiger partial charge in [-0.1, -0.05) is 6.07 Å². The fraction of sp³-hybridized carbons (Fsp3) is 0.357. The summed E-state index contributed by atoms with van der Waals surface area (Å²) < 4.78 is 1.62. The van der Waals surface area contributed by atoms with Crippen molar-refractivity contribution >= 4 is 17.3 Å². The Balaban J connectivity index is 1.82. The van der Waals surface area contributed by atoms with Crippen molar-refractivity contribution in [2.45, 2.75) is 0 Å². The minimum atomic E-state index is -0.360. The van der Waals surface area contributed by atoms with Crippen LogP contribution in [0.2, 0.25) is 0 Å². The molecule has 0 spiro atoms. The van der Waals surface area contributed by atoms with Crippen molar-refractivity contribution < 1.29 is 9.59 Å². The lowest BCUT2D eigenvalue weighted by Gasteiger charge is -2.10. The maximum atomic E-state index is 11.9. The zero-order valence-electron chi connectivity index (χ0n) is 12.2. The highest BCUT2D eigenvalue weighted by Gasteiger charge is 2.11. The molecule has 0 atom stereocenters. The Hall–Kier alpha value is -2.41. The van der Waals surface area contributed by atoms with Gasteiger partial charge < -0.3 is 15.5 Å². The van der Waals surface area contributed by atoms with Crippen molar-refractivity contribution in [3.63, 3.8) is 0 Å². The second kappa shape index (κ2) is 6.85. The molecule has 0 aliphatic heterocycles. The molecule has 0 unspecified atom stereocenters. The number of rotatable bonds is 6. The van der Waals surface area contributed by atoms with Gasteiger partial charge in [0, 0.05) is 19.3 Å². The zero-order valence-corrected chi connectivity index (χ0v) is 12.2. The number of nitrogens with zero attached hydrogens (tertiary/aromatic N) is 3. The van der Waals surface area contributed by atoms with Gasteiger partial charge in [0.2, 0.25) is 5.91 Å². The first kappa shape index (κ1) is 15.0. The van der Waals surface area contributed by atoms with E-state index < -0.39 is 0 Å². The van der Waals surface area contributed by atoms with Crippen LogP contribution in [0, 0.1) is 0 Å². The van der Waals surface area contributed by atoms with Crippen molar-refractivity contribution in [1.82, 2.24) is 25.1 Å². The molecular weight excluding hydrogens is 270 g/mol. The molecule has 0 saturated carbocycles. The number of aromatic nitrogens is 2. The van der Waals surface area contributed by atoms with Gasteiger partial charge >= 0.3 is 0 Å². The highest BCUT2D eigenvalue weighted by atomic mass is 16.2. The number of fused-ring (bicyclic) bond motifs is 1. The molecule has 2 amide bonds. The third-order valence-corrected chi connectivity index (χ3v) is 2.89. The first-order valence-corrected chi connectivity index (χ1v) is 6.70. The molecule has 2 rings (SSSR count). The predicted octanol–water partition coefficient (Wildman–Crippen LogP) is -0.258. The van der Waals surface area contributed by atoms with Crippen molar-refractivity contribution in [2.24, 2.45) is 0 Å². The first-order valence-electron chi connectivity index (χ1n) is 6.70. The summed E-state index contributed by atoms with van der Waals surface area (Å²) in [5.74, 6) is -0.574. The molecule has 0 fully saturated rings. The minimum absolute atomic E-state index is 0.0554. The summed E-state index contributed by atoms with van der Waals surface area (Å²) in [7, 11) is 3.86. The zero-order chi connectivity index (χ0) is 15.2. The van der Waals surface area contributed by atoms with Gasteiger partial charge in [-0.3, -0.25) is 9.59 Å². The van der Waals surface area contributed by atoms with Gasteiger partial charge in [-0.05, 0) is 32.3 Å². The molecule has 0 aliphatic carbocycles.